The Balaban J connectivity index is 2.17. The van der Waals surface area contributed by atoms with E-state index in [1.807, 2.05) is 0 Å². The number of aryl methyl sites for hydroxylation is 2. The fourth-order valence-electron chi connectivity index (χ4n) is 5.44. The summed E-state index contributed by atoms with van der Waals surface area (Å²) in [6.07, 6.45) is 0. The molecule has 4 aromatic rings. The van der Waals surface area contributed by atoms with Crippen LogP contribution in [0.3, 0.4) is 0 Å². The predicted molar refractivity (Wildman–Crippen MR) is 184 cm³/mol. The van der Waals surface area contributed by atoms with Crippen molar-refractivity contribution in [1.29, 1.82) is 0 Å². The first-order valence-corrected chi connectivity index (χ1v) is 15.5. The molecule has 0 unspecified atom stereocenters. The van der Waals surface area contributed by atoms with Gasteiger partial charge in [0.2, 0.25) is 0 Å². The molecule has 4 aromatic carbocycles. The second-order valence-corrected chi connectivity index (χ2v) is 12.8. The molecule has 0 heterocycles. The van der Waals surface area contributed by atoms with E-state index in [1.165, 1.54) is 33.4 Å². The molecule has 0 aliphatic carbocycles. The van der Waals surface area contributed by atoms with Crippen LogP contribution in [0.15, 0.2) is 94.9 Å². The Morgan fingerprint density at radius 1 is 0.405 bits per heavy atom. The molecule has 0 bridgehead atoms. The molecule has 0 N–H and O–H groups in total. The molecule has 2 nitrogen and oxygen atoms in total. The zero-order valence-electron chi connectivity index (χ0n) is 27.3. The predicted octanol–water partition coefficient (Wildman–Crippen LogP) is 11.7. The molecule has 0 fully saturated rings. The number of para-hydroxylation sites is 2. The van der Waals surface area contributed by atoms with E-state index in [0.29, 0.717) is 23.7 Å². The highest BCUT2D eigenvalue weighted by atomic mass is 14.8. The van der Waals surface area contributed by atoms with Gasteiger partial charge in [0.25, 0.3) is 0 Å². The minimum atomic E-state index is 0.343. The Morgan fingerprint density at radius 2 is 0.667 bits per heavy atom. The van der Waals surface area contributed by atoms with Crippen molar-refractivity contribution < 1.29 is 0 Å². The van der Waals surface area contributed by atoms with Crippen molar-refractivity contribution in [1.82, 2.24) is 0 Å². The summed E-state index contributed by atoms with van der Waals surface area (Å²) in [5.41, 5.74) is 13.6. The molecule has 0 aliphatic rings. The van der Waals surface area contributed by atoms with Gasteiger partial charge in [-0.25, -0.2) is 9.98 Å². The molecule has 4 rings (SSSR count). The molecule has 0 saturated carbocycles. The van der Waals surface area contributed by atoms with Gasteiger partial charge in [0.1, 0.15) is 0 Å². The summed E-state index contributed by atoms with van der Waals surface area (Å²) >= 11 is 0. The number of hydrogen-bond donors (Lipinski definition) is 0. The molecule has 0 aliphatic heterocycles. The van der Waals surface area contributed by atoms with Crippen LogP contribution in [0.1, 0.15) is 124 Å². The molecule has 0 radical (unpaired) electrons. The topological polar surface area (TPSA) is 24.7 Å². The highest BCUT2D eigenvalue weighted by molar-refractivity contribution is 6.54. The average Bonchev–Trinajstić information content (AvgIpc) is 2.95. The molecule has 0 spiro atoms. The molecule has 218 valence electrons. The minimum absolute atomic E-state index is 0.343. The third-order valence-corrected chi connectivity index (χ3v) is 8.01. The average molecular weight is 557 g/mol. The van der Waals surface area contributed by atoms with Crippen LogP contribution in [0.5, 0.6) is 0 Å². The smallest absolute Gasteiger partial charge is 0.0972 e. The summed E-state index contributed by atoms with van der Waals surface area (Å²) in [6, 6.07) is 30.8. The fourth-order valence-corrected chi connectivity index (χ4v) is 5.44. The van der Waals surface area contributed by atoms with Crippen LogP contribution in [-0.4, -0.2) is 11.4 Å². The largest absolute Gasteiger partial charge is 0.246 e. The van der Waals surface area contributed by atoms with Crippen LogP contribution >= 0.6 is 0 Å². The van der Waals surface area contributed by atoms with Crippen molar-refractivity contribution in [2.24, 2.45) is 9.98 Å². The molecule has 0 saturated heterocycles. The summed E-state index contributed by atoms with van der Waals surface area (Å²) in [7, 11) is 0. The first-order valence-electron chi connectivity index (χ1n) is 15.5. The molecule has 0 amide bonds. The zero-order chi connectivity index (χ0) is 30.6. The fraction of sp³-hybridized carbons (Fsp3) is 0.350. The molecule has 0 aromatic heterocycles. The van der Waals surface area contributed by atoms with Crippen LogP contribution in [-0.2, 0) is 0 Å². The van der Waals surface area contributed by atoms with Gasteiger partial charge in [0.05, 0.1) is 22.8 Å². The van der Waals surface area contributed by atoms with Crippen LogP contribution in [0.25, 0.3) is 0 Å². The van der Waals surface area contributed by atoms with Gasteiger partial charge >= 0.3 is 0 Å². The first-order chi connectivity index (χ1) is 20.0. The Morgan fingerprint density at radius 3 is 0.905 bits per heavy atom. The van der Waals surface area contributed by atoms with E-state index < -0.39 is 0 Å². The lowest BCUT2D eigenvalue weighted by Crippen LogP contribution is -2.18. The maximum absolute atomic E-state index is 5.63. The standard InChI is InChI=1S/C40H48N2/c1-25(2)33-13-11-14-34(26(3)4)39(33)41-37(31-21-17-29(9)18-22-31)38(32-23-19-30(10)20-24-32)42-40-35(27(5)6)15-12-16-36(40)28(7)8/h11-28H,1-10H3. The van der Waals surface area contributed by atoms with Crippen molar-refractivity contribution in [3.8, 4) is 0 Å². The second-order valence-electron chi connectivity index (χ2n) is 12.8. The van der Waals surface area contributed by atoms with Gasteiger partial charge in [-0.15, -0.1) is 0 Å². The number of hydrogen-bond acceptors (Lipinski definition) is 2. The Bertz CT molecular complexity index is 1390. The normalized spacial score (nSPS) is 12.7. The van der Waals surface area contributed by atoms with Crippen molar-refractivity contribution >= 4 is 22.8 Å². The van der Waals surface area contributed by atoms with E-state index in [9.17, 15) is 0 Å². The van der Waals surface area contributed by atoms with E-state index in [0.717, 1.165) is 33.9 Å². The number of rotatable bonds is 9. The van der Waals surface area contributed by atoms with Gasteiger partial charge in [-0.3, -0.25) is 0 Å². The lowest BCUT2D eigenvalue weighted by Gasteiger charge is -2.21. The van der Waals surface area contributed by atoms with Crippen LogP contribution < -0.4 is 0 Å². The van der Waals surface area contributed by atoms with Crippen molar-refractivity contribution in [2.75, 3.05) is 0 Å². The quantitative estimate of drug-likeness (QED) is 0.183. The number of nitrogens with zero attached hydrogens (tertiary/aromatic N) is 2. The summed E-state index contributed by atoms with van der Waals surface area (Å²) in [5, 5.41) is 0. The van der Waals surface area contributed by atoms with Gasteiger partial charge in [-0.1, -0.05) is 151 Å². The van der Waals surface area contributed by atoms with Crippen molar-refractivity contribution in [3.63, 3.8) is 0 Å². The Kier molecular flexibility index (Phi) is 9.99. The van der Waals surface area contributed by atoms with E-state index in [2.05, 4.69) is 154 Å². The molecular formula is C40H48N2. The lowest BCUT2D eigenvalue weighted by atomic mass is 9.91. The summed E-state index contributed by atoms with van der Waals surface area (Å²) in [5.74, 6) is 1.37. The van der Waals surface area contributed by atoms with E-state index in [4.69, 9.17) is 9.98 Å². The van der Waals surface area contributed by atoms with E-state index in [-0.39, 0.29) is 0 Å². The third-order valence-electron chi connectivity index (χ3n) is 8.01. The molecule has 42 heavy (non-hydrogen) atoms. The first kappa shape index (κ1) is 31.2. The zero-order valence-corrected chi connectivity index (χ0v) is 27.3. The van der Waals surface area contributed by atoms with Gasteiger partial charge in [0, 0.05) is 11.1 Å². The highest BCUT2D eigenvalue weighted by Crippen LogP contribution is 2.38. The van der Waals surface area contributed by atoms with Crippen LogP contribution in [0.4, 0.5) is 11.4 Å². The van der Waals surface area contributed by atoms with Gasteiger partial charge < -0.3 is 0 Å². The third kappa shape index (κ3) is 6.98. The molecule has 0 atom stereocenters. The van der Waals surface area contributed by atoms with Crippen molar-refractivity contribution in [2.45, 2.75) is 92.9 Å². The summed E-state index contributed by atoms with van der Waals surface area (Å²) in [6.45, 7) is 22.3. The van der Waals surface area contributed by atoms with Gasteiger partial charge in [0.15, 0.2) is 0 Å². The lowest BCUT2D eigenvalue weighted by molar-refractivity contribution is 0.834. The minimum Gasteiger partial charge on any atom is -0.246 e. The van der Waals surface area contributed by atoms with E-state index >= 15 is 0 Å². The Hall–Kier alpha value is -3.78. The summed E-state index contributed by atoms with van der Waals surface area (Å²) in [4.78, 5) is 11.3. The number of aliphatic imine (C=N–C) groups is 2. The maximum Gasteiger partial charge on any atom is 0.0972 e. The monoisotopic (exact) mass is 556 g/mol. The van der Waals surface area contributed by atoms with Gasteiger partial charge in [-0.2, -0.15) is 0 Å². The maximum atomic E-state index is 5.63. The Labute approximate surface area is 254 Å². The molecule has 2 heteroatoms. The number of benzene rings is 4. The van der Waals surface area contributed by atoms with Crippen LogP contribution in [0, 0.1) is 13.8 Å². The van der Waals surface area contributed by atoms with Gasteiger partial charge in [-0.05, 0) is 59.8 Å². The SMILES string of the molecule is Cc1ccc(C(=Nc2c(C(C)C)cccc2C(C)C)C(=Nc2c(C(C)C)cccc2C(C)C)c2ccc(C)cc2)cc1. The summed E-state index contributed by atoms with van der Waals surface area (Å²) < 4.78 is 0. The highest BCUT2D eigenvalue weighted by Gasteiger charge is 2.22. The second kappa shape index (κ2) is 13.5. The van der Waals surface area contributed by atoms with Crippen molar-refractivity contribution in [3.05, 3.63) is 129 Å². The molecular weight excluding hydrogens is 508 g/mol. The van der Waals surface area contributed by atoms with Crippen LogP contribution in [0.2, 0.25) is 0 Å². The van der Waals surface area contributed by atoms with E-state index in [1.54, 1.807) is 0 Å².